The van der Waals surface area contributed by atoms with Gasteiger partial charge >= 0.3 is 5.97 Å². The molecule has 0 aliphatic rings. The van der Waals surface area contributed by atoms with Crippen LogP contribution in [0.5, 0.6) is 0 Å². The van der Waals surface area contributed by atoms with Gasteiger partial charge in [-0.1, -0.05) is 35.0 Å². The molecule has 2 heterocycles. The fourth-order valence-electron chi connectivity index (χ4n) is 1.99. The number of carbonyl (C=O) groups excluding carboxylic acids is 1. The highest BCUT2D eigenvalue weighted by Crippen LogP contribution is 2.21. The van der Waals surface area contributed by atoms with Crippen LogP contribution in [0, 0.1) is 0 Å². The van der Waals surface area contributed by atoms with Crippen LogP contribution >= 0.6 is 27.3 Å². The summed E-state index contributed by atoms with van der Waals surface area (Å²) >= 11 is 4.96. The van der Waals surface area contributed by atoms with E-state index in [4.69, 9.17) is 4.74 Å². The Hall–Kier alpha value is -1.99. The lowest BCUT2D eigenvalue weighted by atomic mass is 10.1. The number of carbonyl (C=O) groups is 1. The Morgan fingerprint density at radius 1 is 1.35 bits per heavy atom. The Morgan fingerprint density at radius 3 is 2.83 bits per heavy atom. The number of H-pyrrole nitrogens is 1. The van der Waals surface area contributed by atoms with Gasteiger partial charge in [0, 0.05) is 15.4 Å². The van der Waals surface area contributed by atoms with E-state index >= 15 is 0 Å². The van der Waals surface area contributed by atoms with Crippen LogP contribution < -0.4 is 0 Å². The van der Waals surface area contributed by atoms with Crippen molar-refractivity contribution in [1.82, 2.24) is 15.2 Å². The highest BCUT2D eigenvalue weighted by Gasteiger charge is 2.13. The molecule has 3 aromatic rings. The molecule has 1 aromatic carbocycles. The van der Waals surface area contributed by atoms with Gasteiger partial charge in [0.1, 0.15) is 12.3 Å². The van der Waals surface area contributed by atoms with E-state index in [9.17, 15) is 4.79 Å². The minimum atomic E-state index is -0.438. The van der Waals surface area contributed by atoms with E-state index in [0.717, 1.165) is 27.2 Å². The van der Waals surface area contributed by atoms with Crippen molar-refractivity contribution in [2.75, 3.05) is 0 Å². The van der Waals surface area contributed by atoms with Crippen LogP contribution in [0.2, 0.25) is 0 Å². The minimum Gasteiger partial charge on any atom is -0.454 e. The number of benzene rings is 1. The fraction of sp³-hybridized carbons (Fsp3) is 0.188. The standard InChI is InChI=1S/C16H14BrN3O2S/c1-2-15-18-12(9-23-15)8-22-16(21)14-7-13(19-20-14)10-3-5-11(17)6-4-10/h3-7,9H,2,8H2,1H3,(H,19,20). The highest BCUT2D eigenvalue weighted by molar-refractivity contribution is 9.10. The number of thiazole rings is 1. The Bertz CT molecular complexity index is 811. The first-order chi connectivity index (χ1) is 11.2. The summed E-state index contributed by atoms with van der Waals surface area (Å²) in [5.74, 6) is -0.438. The zero-order chi connectivity index (χ0) is 16.2. The zero-order valence-electron chi connectivity index (χ0n) is 12.4. The molecule has 0 aliphatic carbocycles. The molecule has 7 heteroatoms. The van der Waals surface area contributed by atoms with Gasteiger partial charge in [-0.25, -0.2) is 9.78 Å². The smallest absolute Gasteiger partial charge is 0.356 e. The topological polar surface area (TPSA) is 67.9 Å². The average molecular weight is 392 g/mol. The van der Waals surface area contributed by atoms with Crippen LogP contribution in [-0.2, 0) is 17.8 Å². The number of nitrogens with zero attached hydrogens (tertiary/aromatic N) is 2. The van der Waals surface area contributed by atoms with Crippen molar-refractivity contribution in [3.8, 4) is 11.3 Å². The lowest BCUT2D eigenvalue weighted by Gasteiger charge is -1.99. The number of ether oxygens (including phenoxy) is 1. The van der Waals surface area contributed by atoms with Crippen molar-refractivity contribution >= 4 is 33.2 Å². The van der Waals surface area contributed by atoms with E-state index in [1.54, 1.807) is 17.4 Å². The number of aromatic nitrogens is 3. The molecule has 0 bridgehead atoms. The van der Waals surface area contributed by atoms with Crippen LogP contribution in [0.1, 0.15) is 28.1 Å². The third kappa shape index (κ3) is 3.86. The molecule has 0 unspecified atom stereocenters. The van der Waals surface area contributed by atoms with E-state index < -0.39 is 5.97 Å². The van der Waals surface area contributed by atoms with E-state index in [2.05, 4.69) is 31.1 Å². The number of esters is 1. The second kappa shape index (κ2) is 7.06. The van der Waals surface area contributed by atoms with E-state index in [0.29, 0.717) is 11.4 Å². The number of rotatable bonds is 5. The normalized spacial score (nSPS) is 10.7. The van der Waals surface area contributed by atoms with Gasteiger partial charge in [-0.2, -0.15) is 5.10 Å². The maximum absolute atomic E-state index is 12.1. The molecule has 0 amide bonds. The molecule has 5 nitrogen and oxygen atoms in total. The molecular weight excluding hydrogens is 378 g/mol. The monoisotopic (exact) mass is 391 g/mol. The molecule has 118 valence electrons. The molecule has 0 radical (unpaired) electrons. The van der Waals surface area contributed by atoms with Gasteiger partial charge in [0.05, 0.1) is 16.4 Å². The summed E-state index contributed by atoms with van der Waals surface area (Å²) in [5.41, 5.74) is 2.73. The Balaban J connectivity index is 1.65. The number of aromatic amines is 1. The third-order valence-corrected chi connectivity index (χ3v) is 4.76. The van der Waals surface area contributed by atoms with Gasteiger partial charge in [-0.15, -0.1) is 11.3 Å². The summed E-state index contributed by atoms with van der Waals surface area (Å²) in [4.78, 5) is 16.4. The fourth-order valence-corrected chi connectivity index (χ4v) is 2.98. The molecule has 2 aromatic heterocycles. The van der Waals surface area contributed by atoms with Crippen molar-refractivity contribution in [3.63, 3.8) is 0 Å². The van der Waals surface area contributed by atoms with Crippen molar-refractivity contribution < 1.29 is 9.53 Å². The number of nitrogens with one attached hydrogen (secondary N) is 1. The van der Waals surface area contributed by atoms with Crippen LogP contribution in [0.25, 0.3) is 11.3 Å². The number of aryl methyl sites for hydroxylation is 1. The summed E-state index contributed by atoms with van der Waals surface area (Å²) in [5, 5.41) is 9.82. The molecule has 0 spiro atoms. The van der Waals surface area contributed by atoms with E-state index in [1.807, 2.05) is 36.6 Å². The van der Waals surface area contributed by atoms with E-state index in [1.165, 1.54) is 0 Å². The van der Waals surface area contributed by atoms with Crippen molar-refractivity contribution in [3.05, 3.63) is 56.6 Å². The Kier molecular flexibility index (Phi) is 4.88. The first kappa shape index (κ1) is 15.9. The first-order valence-electron chi connectivity index (χ1n) is 7.07. The largest absolute Gasteiger partial charge is 0.454 e. The molecule has 1 N–H and O–H groups in total. The van der Waals surface area contributed by atoms with Crippen molar-refractivity contribution in [2.45, 2.75) is 20.0 Å². The van der Waals surface area contributed by atoms with Gasteiger partial charge in [-0.05, 0) is 24.6 Å². The van der Waals surface area contributed by atoms with Gasteiger partial charge < -0.3 is 4.74 Å². The third-order valence-electron chi connectivity index (χ3n) is 3.19. The molecular formula is C16H14BrN3O2S. The molecule has 0 saturated heterocycles. The maximum atomic E-state index is 12.1. The van der Waals surface area contributed by atoms with Gasteiger partial charge in [-0.3, -0.25) is 5.10 Å². The second-order valence-electron chi connectivity index (χ2n) is 4.84. The van der Waals surface area contributed by atoms with Gasteiger partial charge in [0.25, 0.3) is 0 Å². The Morgan fingerprint density at radius 2 is 2.13 bits per heavy atom. The minimum absolute atomic E-state index is 0.169. The molecule has 3 rings (SSSR count). The summed E-state index contributed by atoms with van der Waals surface area (Å²) in [6.45, 7) is 2.21. The van der Waals surface area contributed by atoms with Crippen LogP contribution in [-0.4, -0.2) is 21.2 Å². The lowest BCUT2D eigenvalue weighted by Crippen LogP contribution is -2.06. The number of hydrogen-bond donors (Lipinski definition) is 1. The zero-order valence-corrected chi connectivity index (χ0v) is 14.8. The molecule has 0 atom stereocenters. The van der Waals surface area contributed by atoms with Crippen LogP contribution in [0.15, 0.2) is 40.2 Å². The molecule has 0 aliphatic heterocycles. The summed E-state index contributed by atoms with van der Waals surface area (Å²) < 4.78 is 6.26. The molecule has 0 fully saturated rings. The molecule has 0 saturated carbocycles. The lowest BCUT2D eigenvalue weighted by molar-refractivity contribution is 0.0461. The number of halogens is 1. The Labute approximate surface area is 145 Å². The summed E-state index contributed by atoms with van der Waals surface area (Å²) in [6.07, 6.45) is 0.885. The second-order valence-corrected chi connectivity index (χ2v) is 6.69. The summed E-state index contributed by atoms with van der Waals surface area (Å²) in [6, 6.07) is 9.39. The van der Waals surface area contributed by atoms with Crippen molar-refractivity contribution in [1.29, 1.82) is 0 Å². The highest BCUT2D eigenvalue weighted by atomic mass is 79.9. The van der Waals surface area contributed by atoms with Gasteiger partial charge in [0.15, 0.2) is 0 Å². The average Bonchev–Trinajstić information content (AvgIpc) is 3.22. The number of hydrogen-bond acceptors (Lipinski definition) is 5. The quantitative estimate of drug-likeness (QED) is 0.661. The van der Waals surface area contributed by atoms with Gasteiger partial charge in [0.2, 0.25) is 0 Å². The maximum Gasteiger partial charge on any atom is 0.356 e. The van der Waals surface area contributed by atoms with Crippen molar-refractivity contribution in [2.24, 2.45) is 0 Å². The summed E-state index contributed by atoms with van der Waals surface area (Å²) in [7, 11) is 0. The van der Waals surface area contributed by atoms with Crippen LogP contribution in [0.4, 0.5) is 0 Å². The SMILES string of the molecule is CCc1nc(COC(=O)c2cc(-c3ccc(Br)cc3)n[nH]2)cs1. The predicted octanol–water partition coefficient (Wildman–Crippen LogP) is 4.22. The van der Waals surface area contributed by atoms with E-state index in [-0.39, 0.29) is 6.61 Å². The van der Waals surface area contributed by atoms with Crippen LogP contribution in [0.3, 0.4) is 0 Å². The molecule has 23 heavy (non-hydrogen) atoms. The predicted molar refractivity (Wildman–Crippen MR) is 92.3 cm³/mol. The first-order valence-corrected chi connectivity index (χ1v) is 8.74.